The van der Waals surface area contributed by atoms with Gasteiger partial charge in [-0.1, -0.05) is 32.0 Å². The van der Waals surface area contributed by atoms with Crippen LogP contribution in [0, 0.1) is 5.92 Å². The molecule has 0 saturated heterocycles. The average Bonchev–Trinajstić information content (AvgIpc) is 2.91. The smallest absolute Gasteiger partial charge is 0.253 e. The molecular formula is C28H32N2O6. The van der Waals surface area contributed by atoms with Gasteiger partial charge in [0, 0.05) is 11.1 Å². The quantitative estimate of drug-likeness (QED) is 0.380. The Balaban J connectivity index is 1.94. The van der Waals surface area contributed by atoms with Crippen molar-refractivity contribution in [1.82, 2.24) is 10.6 Å². The van der Waals surface area contributed by atoms with E-state index >= 15 is 0 Å². The third-order valence-electron chi connectivity index (χ3n) is 5.31. The minimum atomic E-state index is -0.866. The van der Waals surface area contributed by atoms with E-state index in [0.717, 1.165) is 0 Å². The van der Waals surface area contributed by atoms with Gasteiger partial charge in [-0.25, -0.2) is 0 Å². The van der Waals surface area contributed by atoms with Gasteiger partial charge in [0.05, 0.1) is 27.9 Å². The van der Waals surface area contributed by atoms with Crippen LogP contribution in [0.2, 0.25) is 0 Å². The van der Waals surface area contributed by atoms with Gasteiger partial charge in [0.25, 0.3) is 11.8 Å². The molecule has 3 aromatic rings. The third-order valence-corrected chi connectivity index (χ3v) is 5.31. The molecule has 2 N–H and O–H groups in total. The molecule has 3 rings (SSSR count). The van der Waals surface area contributed by atoms with E-state index in [-0.39, 0.29) is 11.8 Å². The van der Waals surface area contributed by atoms with Crippen molar-refractivity contribution >= 4 is 11.8 Å². The van der Waals surface area contributed by atoms with Gasteiger partial charge in [-0.3, -0.25) is 9.59 Å². The lowest BCUT2D eigenvalue weighted by atomic mass is 10.1. The van der Waals surface area contributed by atoms with Crippen LogP contribution >= 0.6 is 0 Å². The van der Waals surface area contributed by atoms with Gasteiger partial charge in [-0.2, -0.15) is 0 Å². The van der Waals surface area contributed by atoms with E-state index in [4.69, 9.17) is 18.9 Å². The van der Waals surface area contributed by atoms with E-state index in [1.165, 1.54) is 14.2 Å². The molecule has 0 aliphatic rings. The van der Waals surface area contributed by atoms with E-state index in [1.807, 2.05) is 13.8 Å². The summed E-state index contributed by atoms with van der Waals surface area (Å²) < 4.78 is 21.8. The Morgan fingerprint density at radius 3 is 1.75 bits per heavy atom. The monoisotopic (exact) mass is 492 g/mol. The van der Waals surface area contributed by atoms with Crippen LogP contribution in [-0.4, -0.2) is 39.8 Å². The summed E-state index contributed by atoms with van der Waals surface area (Å²) in [6, 6.07) is 18.8. The van der Waals surface area contributed by atoms with Crippen molar-refractivity contribution in [3.63, 3.8) is 0 Å². The number of hydrogen-bond donors (Lipinski definition) is 2. The summed E-state index contributed by atoms with van der Waals surface area (Å²) in [6.45, 7) is 4.57. The van der Waals surface area contributed by atoms with Crippen LogP contribution < -0.4 is 29.6 Å². The van der Waals surface area contributed by atoms with Gasteiger partial charge < -0.3 is 29.6 Å². The molecule has 0 bridgehead atoms. The fraction of sp³-hybridized carbons (Fsp3) is 0.286. The highest BCUT2D eigenvalue weighted by molar-refractivity contribution is 5.97. The molecule has 0 atom stereocenters. The van der Waals surface area contributed by atoms with Crippen LogP contribution in [0.25, 0.3) is 0 Å². The maximum absolute atomic E-state index is 13.1. The minimum absolute atomic E-state index is 0.301. The molecule has 0 radical (unpaired) electrons. The molecule has 190 valence electrons. The number of rotatable bonds is 11. The van der Waals surface area contributed by atoms with Gasteiger partial charge in [0.2, 0.25) is 0 Å². The molecule has 0 fully saturated rings. The second-order valence-corrected chi connectivity index (χ2v) is 8.46. The van der Waals surface area contributed by atoms with Gasteiger partial charge in [0.15, 0.2) is 11.5 Å². The first-order valence-electron chi connectivity index (χ1n) is 11.5. The van der Waals surface area contributed by atoms with Crippen LogP contribution in [0.5, 0.6) is 23.0 Å². The summed E-state index contributed by atoms with van der Waals surface area (Å²) in [5.41, 5.74) is 1.39. The molecule has 0 aliphatic heterocycles. The highest BCUT2D eigenvalue weighted by Gasteiger charge is 2.21. The number of carbonyl (C=O) groups excluding carboxylic acids is 2. The number of ether oxygens (including phenoxy) is 4. The van der Waals surface area contributed by atoms with E-state index in [9.17, 15) is 9.59 Å². The predicted molar refractivity (Wildman–Crippen MR) is 137 cm³/mol. The van der Waals surface area contributed by atoms with Gasteiger partial charge >= 0.3 is 0 Å². The Hall–Kier alpha value is -4.20. The highest BCUT2D eigenvalue weighted by atomic mass is 16.5. The Morgan fingerprint density at radius 1 is 0.722 bits per heavy atom. The molecule has 0 saturated carbocycles. The lowest BCUT2D eigenvalue weighted by molar-refractivity contribution is 0.0882. The number of benzene rings is 3. The molecule has 36 heavy (non-hydrogen) atoms. The van der Waals surface area contributed by atoms with Crippen molar-refractivity contribution in [1.29, 1.82) is 0 Å². The Morgan fingerprint density at radius 2 is 1.28 bits per heavy atom. The molecule has 8 heteroatoms. The predicted octanol–water partition coefficient (Wildman–Crippen LogP) is 4.61. The van der Waals surface area contributed by atoms with Crippen molar-refractivity contribution in [2.75, 3.05) is 27.9 Å². The standard InChI is InChI=1S/C28H32N2O6/c1-18(2)17-36-25-16-19(12-13-24(25)35-5)26(29-27(31)20-8-6-10-22(14-20)33-3)30-28(32)21-9-7-11-23(15-21)34-4/h6-16,18,26H,17H2,1-5H3,(H,29,31)(H,30,32). The summed E-state index contributed by atoms with van der Waals surface area (Å²) in [6.07, 6.45) is -0.866. The van der Waals surface area contributed by atoms with Gasteiger partial charge in [0.1, 0.15) is 17.7 Å². The van der Waals surface area contributed by atoms with Crippen molar-refractivity contribution in [2.45, 2.75) is 20.0 Å². The zero-order valence-corrected chi connectivity index (χ0v) is 21.2. The number of carbonyl (C=O) groups is 2. The lowest BCUT2D eigenvalue weighted by Crippen LogP contribution is -2.41. The molecule has 0 aromatic heterocycles. The zero-order valence-electron chi connectivity index (χ0n) is 21.2. The Bertz CT molecular complexity index is 1130. The summed E-state index contributed by atoms with van der Waals surface area (Å²) >= 11 is 0. The fourth-order valence-electron chi connectivity index (χ4n) is 3.40. The molecule has 0 heterocycles. The molecular weight excluding hydrogens is 460 g/mol. The number of amides is 2. The van der Waals surface area contributed by atoms with E-state index in [0.29, 0.717) is 52.2 Å². The maximum Gasteiger partial charge on any atom is 0.253 e. The van der Waals surface area contributed by atoms with Crippen LogP contribution in [0.4, 0.5) is 0 Å². The summed E-state index contributed by atoms with van der Waals surface area (Å²) in [5, 5.41) is 5.81. The lowest BCUT2D eigenvalue weighted by Gasteiger charge is -2.23. The van der Waals surface area contributed by atoms with E-state index in [2.05, 4.69) is 10.6 Å². The molecule has 0 aliphatic carbocycles. The van der Waals surface area contributed by atoms with Crippen LogP contribution in [0.15, 0.2) is 66.7 Å². The number of methoxy groups -OCH3 is 3. The Labute approximate surface area is 211 Å². The number of hydrogen-bond acceptors (Lipinski definition) is 6. The molecule has 2 amide bonds. The largest absolute Gasteiger partial charge is 0.497 e. The van der Waals surface area contributed by atoms with Crippen molar-refractivity contribution in [3.05, 3.63) is 83.4 Å². The van der Waals surface area contributed by atoms with Crippen molar-refractivity contribution in [3.8, 4) is 23.0 Å². The van der Waals surface area contributed by atoms with E-state index in [1.54, 1.807) is 73.8 Å². The second kappa shape index (κ2) is 12.5. The Kier molecular flexibility index (Phi) is 9.16. The van der Waals surface area contributed by atoms with Crippen LogP contribution in [0.1, 0.15) is 46.3 Å². The number of nitrogens with one attached hydrogen (secondary N) is 2. The van der Waals surface area contributed by atoms with E-state index < -0.39 is 6.17 Å². The summed E-state index contributed by atoms with van der Waals surface area (Å²) in [4.78, 5) is 26.3. The molecule has 0 unspecified atom stereocenters. The van der Waals surface area contributed by atoms with Crippen LogP contribution in [0.3, 0.4) is 0 Å². The topological polar surface area (TPSA) is 95.1 Å². The van der Waals surface area contributed by atoms with Gasteiger partial charge in [-0.05, 0) is 60.0 Å². The highest BCUT2D eigenvalue weighted by Crippen LogP contribution is 2.31. The zero-order chi connectivity index (χ0) is 26.1. The summed E-state index contributed by atoms with van der Waals surface area (Å²) in [5.74, 6) is 1.70. The summed E-state index contributed by atoms with van der Waals surface area (Å²) in [7, 11) is 4.62. The minimum Gasteiger partial charge on any atom is -0.497 e. The average molecular weight is 493 g/mol. The first-order chi connectivity index (χ1) is 17.3. The third kappa shape index (κ3) is 6.91. The first-order valence-corrected chi connectivity index (χ1v) is 11.5. The molecule has 0 spiro atoms. The van der Waals surface area contributed by atoms with Gasteiger partial charge in [-0.15, -0.1) is 0 Å². The molecule has 8 nitrogen and oxygen atoms in total. The fourth-order valence-corrected chi connectivity index (χ4v) is 3.40. The first kappa shape index (κ1) is 26.4. The second-order valence-electron chi connectivity index (χ2n) is 8.46. The normalized spacial score (nSPS) is 10.6. The van der Waals surface area contributed by atoms with Crippen molar-refractivity contribution in [2.24, 2.45) is 5.92 Å². The SMILES string of the molecule is COc1cccc(C(=O)NC(NC(=O)c2cccc(OC)c2)c2ccc(OC)c(OCC(C)C)c2)c1. The van der Waals surface area contributed by atoms with Crippen molar-refractivity contribution < 1.29 is 28.5 Å². The molecule has 3 aromatic carbocycles. The maximum atomic E-state index is 13.1. The van der Waals surface area contributed by atoms with Crippen LogP contribution in [-0.2, 0) is 0 Å².